The van der Waals surface area contributed by atoms with Gasteiger partial charge in [-0.15, -0.1) is 0 Å². The van der Waals surface area contributed by atoms with E-state index in [1.165, 1.54) is 0 Å². The number of hydrogen-bond acceptors (Lipinski definition) is 2. The summed E-state index contributed by atoms with van der Waals surface area (Å²) in [5.74, 6) is 0.311. The SMILES string of the molecule is CCC(C)(CN)c1cccc(O)c1. The van der Waals surface area contributed by atoms with Crippen LogP contribution in [0, 0.1) is 0 Å². The third kappa shape index (κ3) is 2.01. The molecule has 0 aliphatic heterocycles. The number of rotatable bonds is 3. The molecule has 3 N–H and O–H groups in total. The summed E-state index contributed by atoms with van der Waals surface area (Å²) in [4.78, 5) is 0. The van der Waals surface area contributed by atoms with Crippen molar-refractivity contribution in [1.29, 1.82) is 0 Å². The van der Waals surface area contributed by atoms with Crippen LogP contribution in [0.2, 0.25) is 0 Å². The standard InChI is InChI=1S/C11H17NO/c1-3-11(2,8-12)9-5-4-6-10(13)7-9/h4-7,13H,3,8,12H2,1-2H3. The second-order valence-corrected chi connectivity index (χ2v) is 3.67. The van der Waals surface area contributed by atoms with E-state index in [-0.39, 0.29) is 5.41 Å². The maximum Gasteiger partial charge on any atom is 0.115 e. The van der Waals surface area contributed by atoms with Gasteiger partial charge in [0.15, 0.2) is 0 Å². The fraction of sp³-hybridized carbons (Fsp3) is 0.455. The molecule has 1 aromatic carbocycles. The normalized spacial score (nSPS) is 15.3. The summed E-state index contributed by atoms with van der Waals surface area (Å²) in [6.07, 6.45) is 0.979. The molecule has 0 fully saturated rings. The monoisotopic (exact) mass is 179 g/mol. The number of benzene rings is 1. The highest BCUT2D eigenvalue weighted by molar-refractivity contribution is 5.32. The lowest BCUT2D eigenvalue weighted by Gasteiger charge is -2.26. The highest BCUT2D eigenvalue weighted by Crippen LogP contribution is 2.28. The van der Waals surface area contributed by atoms with Crippen molar-refractivity contribution in [2.75, 3.05) is 6.54 Å². The zero-order valence-electron chi connectivity index (χ0n) is 8.25. The van der Waals surface area contributed by atoms with Gasteiger partial charge in [-0.05, 0) is 24.1 Å². The van der Waals surface area contributed by atoms with Crippen LogP contribution in [0.25, 0.3) is 0 Å². The van der Waals surface area contributed by atoms with E-state index in [4.69, 9.17) is 5.73 Å². The molecule has 72 valence electrons. The summed E-state index contributed by atoms with van der Waals surface area (Å²) in [6.45, 7) is 4.83. The molecule has 0 saturated heterocycles. The van der Waals surface area contributed by atoms with Crippen molar-refractivity contribution in [1.82, 2.24) is 0 Å². The average Bonchev–Trinajstić information content (AvgIpc) is 2.17. The molecule has 13 heavy (non-hydrogen) atoms. The highest BCUT2D eigenvalue weighted by Gasteiger charge is 2.22. The first-order valence-corrected chi connectivity index (χ1v) is 4.62. The topological polar surface area (TPSA) is 46.2 Å². The molecule has 1 atom stereocenters. The van der Waals surface area contributed by atoms with Crippen molar-refractivity contribution in [2.45, 2.75) is 25.7 Å². The summed E-state index contributed by atoms with van der Waals surface area (Å²) < 4.78 is 0. The fourth-order valence-electron chi connectivity index (χ4n) is 1.35. The largest absolute Gasteiger partial charge is 0.508 e. The molecular weight excluding hydrogens is 162 g/mol. The Kier molecular flexibility index (Phi) is 2.94. The van der Waals surface area contributed by atoms with Crippen LogP contribution in [-0.4, -0.2) is 11.7 Å². The summed E-state index contributed by atoms with van der Waals surface area (Å²) >= 11 is 0. The van der Waals surface area contributed by atoms with E-state index in [1.54, 1.807) is 12.1 Å². The maximum atomic E-state index is 9.33. The van der Waals surface area contributed by atoms with Crippen molar-refractivity contribution in [2.24, 2.45) is 5.73 Å². The van der Waals surface area contributed by atoms with Crippen LogP contribution in [-0.2, 0) is 5.41 Å². The van der Waals surface area contributed by atoms with E-state index in [2.05, 4.69) is 13.8 Å². The van der Waals surface area contributed by atoms with E-state index >= 15 is 0 Å². The van der Waals surface area contributed by atoms with Crippen LogP contribution >= 0.6 is 0 Å². The van der Waals surface area contributed by atoms with Crippen molar-refractivity contribution in [3.63, 3.8) is 0 Å². The van der Waals surface area contributed by atoms with E-state index < -0.39 is 0 Å². The van der Waals surface area contributed by atoms with Gasteiger partial charge in [-0.2, -0.15) is 0 Å². The van der Waals surface area contributed by atoms with E-state index in [0.717, 1.165) is 12.0 Å². The maximum absolute atomic E-state index is 9.33. The Morgan fingerprint density at radius 2 is 2.15 bits per heavy atom. The fourth-order valence-corrected chi connectivity index (χ4v) is 1.35. The summed E-state index contributed by atoms with van der Waals surface area (Å²) in [6, 6.07) is 7.33. The van der Waals surface area contributed by atoms with Crippen LogP contribution in [0.5, 0.6) is 5.75 Å². The van der Waals surface area contributed by atoms with Crippen molar-refractivity contribution in [3.05, 3.63) is 29.8 Å². The van der Waals surface area contributed by atoms with Crippen molar-refractivity contribution < 1.29 is 5.11 Å². The van der Waals surface area contributed by atoms with Gasteiger partial charge in [0.05, 0.1) is 0 Å². The van der Waals surface area contributed by atoms with Crippen LogP contribution < -0.4 is 5.73 Å². The Labute approximate surface area is 79.4 Å². The Hall–Kier alpha value is -1.02. The van der Waals surface area contributed by atoms with E-state index in [1.807, 2.05) is 12.1 Å². The van der Waals surface area contributed by atoms with Crippen molar-refractivity contribution in [3.8, 4) is 5.75 Å². The predicted octanol–water partition coefficient (Wildman–Crippen LogP) is 2.02. The Bertz CT molecular complexity index is 279. The average molecular weight is 179 g/mol. The summed E-state index contributed by atoms with van der Waals surface area (Å²) in [7, 11) is 0. The zero-order chi connectivity index (χ0) is 9.90. The molecule has 0 aliphatic rings. The lowest BCUT2D eigenvalue weighted by atomic mass is 9.80. The molecule has 0 aliphatic carbocycles. The van der Waals surface area contributed by atoms with E-state index in [0.29, 0.717) is 12.3 Å². The molecule has 1 unspecified atom stereocenters. The van der Waals surface area contributed by atoms with Crippen LogP contribution in [0.15, 0.2) is 24.3 Å². The molecule has 2 nitrogen and oxygen atoms in total. The second kappa shape index (κ2) is 3.79. The first kappa shape index (κ1) is 10.1. The molecule has 0 amide bonds. The smallest absolute Gasteiger partial charge is 0.115 e. The first-order chi connectivity index (χ1) is 6.12. The predicted molar refractivity (Wildman–Crippen MR) is 54.8 cm³/mol. The molecule has 0 spiro atoms. The van der Waals surface area contributed by atoms with Gasteiger partial charge in [-0.3, -0.25) is 0 Å². The number of hydrogen-bond donors (Lipinski definition) is 2. The summed E-state index contributed by atoms with van der Waals surface area (Å²) in [5.41, 5.74) is 6.81. The molecular formula is C11H17NO. The molecule has 0 saturated carbocycles. The molecule has 0 bridgehead atoms. The molecule has 1 aromatic rings. The first-order valence-electron chi connectivity index (χ1n) is 4.62. The van der Waals surface area contributed by atoms with Gasteiger partial charge < -0.3 is 10.8 Å². The minimum atomic E-state index is -0.0151. The third-order valence-electron chi connectivity index (χ3n) is 2.77. The molecule has 0 heterocycles. The number of phenolic OH excluding ortho intramolecular Hbond substituents is 1. The third-order valence-corrected chi connectivity index (χ3v) is 2.77. The Morgan fingerprint density at radius 1 is 1.46 bits per heavy atom. The number of nitrogens with two attached hydrogens (primary N) is 1. The Morgan fingerprint density at radius 3 is 2.62 bits per heavy atom. The molecule has 2 heteroatoms. The van der Waals surface area contributed by atoms with Gasteiger partial charge in [0, 0.05) is 12.0 Å². The van der Waals surface area contributed by atoms with Gasteiger partial charge in [-0.25, -0.2) is 0 Å². The second-order valence-electron chi connectivity index (χ2n) is 3.67. The lowest BCUT2D eigenvalue weighted by molar-refractivity contribution is 0.450. The minimum absolute atomic E-state index is 0.0151. The number of phenols is 1. The van der Waals surface area contributed by atoms with Crippen LogP contribution in [0.4, 0.5) is 0 Å². The van der Waals surface area contributed by atoms with Crippen molar-refractivity contribution >= 4 is 0 Å². The lowest BCUT2D eigenvalue weighted by Crippen LogP contribution is -2.30. The van der Waals surface area contributed by atoms with Gasteiger partial charge in [-0.1, -0.05) is 26.0 Å². The van der Waals surface area contributed by atoms with E-state index in [9.17, 15) is 5.11 Å². The Balaban J connectivity index is 3.05. The van der Waals surface area contributed by atoms with Crippen LogP contribution in [0.3, 0.4) is 0 Å². The van der Waals surface area contributed by atoms with Gasteiger partial charge in [0.2, 0.25) is 0 Å². The summed E-state index contributed by atoms with van der Waals surface area (Å²) in [5, 5.41) is 9.33. The molecule has 0 aromatic heterocycles. The van der Waals surface area contributed by atoms with Gasteiger partial charge in [0.1, 0.15) is 5.75 Å². The van der Waals surface area contributed by atoms with Gasteiger partial charge >= 0.3 is 0 Å². The zero-order valence-corrected chi connectivity index (χ0v) is 8.25. The quantitative estimate of drug-likeness (QED) is 0.745. The molecule has 1 rings (SSSR count). The minimum Gasteiger partial charge on any atom is -0.508 e. The highest BCUT2D eigenvalue weighted by atomic mass is 16.3. The van der Waals surface area contributed by atoms with Crippen LogP contribution in [0.1, 0.15) is 25.8 Å². The van der Waals surface area contributed by atoms with Gasteiger partial charge in [0.25, 0.3) is 0 Å². The number of aromatic hydroxyl groups is 1. The molecule has 0 radical (unpaired) electrons.